The molecule has 6 heteroatoms. The second kappa shape index (κ2) is 6.16. The Labute approximate surface area is 111 Å². The van der Waals surface area contributed by atoms with Gasteiger partial charge in [-0.25, -0.2) is 0 Å². The maximum Gasteiger partial charge on any atom is 0.292 e. The number of nitrogens with zero attached hydrogens (tertiary/aromatic N) is 2. The van der Waals surface area contributed by atoms with Crippen LogP contribution in [0.2, 0.25) is 0 Å². The van der Waals surface area contributed by atoms with Gasteiger partial charge in [0.15, 0.2) is 0 Å². The minimum absolute atomic E-state index is 0.0165. The van der Waals surface area contributed by atoms with Gasteiger partial charge in [-0.1, -0.05) is 0 Å². The number of nitrogens with one attached hydrogen (secondary N) is 2. The molecule has 19 heavy (non-hydrogen) atoms. The molecule has 2 rings (SSSR count). The van der Waals surface area contributed by atoms with E-state index in [1.807, 2.05) is 6.07 Å². The van der Waals surface area contributed by atoms with Crippen LogP contribution in [0.4, 0.5) is 11.4 Å². The van der Waals surface area contributed by atoms with Crippen molar-refractivity contribution in [1.82, 2.24) is 5.32 Å². The molecule has 1 aromatic rings. The van der Waals surface area contributed by atoms with Crippen molar-refractivity contribution in [3.8, 4) is 6.07 Å². The van der Waals surface area contributed by atoms with E-state index in [1.54, 1.807) is 0 Å². The lowest BCUT2D eigenvalue weighted by atomic mass is 9.99. The third kappa shape index (κ3) is 3.42. The van der Waals surface area contributed by atoms with Gasteiger partial charge in [0.05, 0.1) is 16.6 Å². The number of hydrogen-bond donors (Lipinski definition) is 2. The van der Waals surface area contributed by atoms with Crippen molar-refractivity contribution in [2.45, 2.75) is 12.8 Å². The summed E-state index contributed by atoms with van der Waals surface area (Å²) < 4.78 is 0. The Morgan fingerprint density at radius 2 is 2.42 bits per heavy atom. The highest BCUT2D eigenvalue weighted by Crippen LogP contribution is 2.26. The first-order valence-corrected chi connectivity index (χ1v) is 6.34. The van der Waals surface area contributed by atoms with E-state index in [9.17, 15) is 10.1 Å². The van der Waals surface area contributed by atoms with Gasteiger partial charge in [-0.3, -0.25) is 10.1 Å². The molecule has 0 saturated carbocycles. The molecule has 0 spiro atoms. The van der Waals surface area contributed by atoms with Crippen molar-refractivity contribution in [3.63, 3.8) is 0 Å². The van der Waals surface area contributed by atoms with Gasteiger partial charge < -0.3 is 10.6 Å². The summed E-state index contributed by atoms with van der Waals surface area (Å²) in [5.74, 6) is 0.471. The van der Waals surface area contributed by atoms with Crippen molar-refractivity contribution < 1.29 is 4.92 Å². The van der Waals surface area contributed by atoms with Crippen molar-refractivity contribution in [2.75, 3.05) is 25.0 Å². The number of benzene rings is 1. The number of anilines is 1. The lowest BCUT2D eigenvalue weighted by molar-refractivity contribution is -0.384. The fourth-order valence-corrected chi connectivity index (χ4v) is 2.26. The van der Waals surface area contributed by atoms with E-state index >= 15 is 0 Å². The fourth-order valence-electron chi connectivity index (χ4n) is 2.26. The zero-order chi connectivity index (χ0) is 13.7. The van der Waals surface area contributed by atoms with Crippen LogP contribution in [0.3, 0.4) is 0 Å². The molecule has 1 aliphatic heterocycles. The van der Waals surface area contributed by atoms with E-state index in [-0.39, 0.29) is 5.69 Å². The Morgan fingerprint density at radius 3 is 3.05 bits per heavy atom. The first-order valence-electron chi connectivity index (χ1n) is 6.34. The smallest absolute Gasteiger partial charge is 0.292 e. The number of hydrogen-bond acceptors (Lipinski definition) is 5. The van der Waals surface area contributed by atoms with E-state index in [1.165, 1.54) is 18.2 Å². The van der Waals surface area contributed by atoms with Crippen LogP contribution in [-0.4, -0.2) is 24.6 Å². The summed E-state index contributed by atoms with van der Waals surface area (Å²) in [5, 5.41) is 26.2. The molecule has 100 valence electrons. The van der Waals surface area contributed by atoms with Gasteiger partial charge in [-0.2, -0.15) is 5.26 Å². The highest BCUT2D eigenvalue weighted by Gasteiger charge is 2.17. The number of nitro benzene ring substituents is 1. The second-order valence-electron chi connectivity index (χ2n) is 4.69. The normalized spacial score (nSPS) is 18.6. The molecule has 1 unspecified atom stereocenters. The SMILES string of the molecule is N#Cc1ccc([N+](=O)[O-])c(NCC2CCCNC2)c1. The molecule has 1 saturated heterocycles. The number of piperidine rings is 1. The van der Waals surface area contributed by atoms with Crippen LogP contribution in [0.15, 0.2) is 18.2 Å². The molecular weight excluding hydrogens is 244 g/mol. The Bertz CT molecular complexity index is 504. The first-order chi connectivity index (χ1) is 9.20. The first kappa shape index (κ1) is 13.3. The fraction of sp³-hybridized carbons (Fsp3) is 0.462. The quantitative estimate of drug-likeness (QED) is 0.637. The van der Waals surface area contributed by atoms with Crippen LogP contribution in [0.1, 0.15) is 18.4 Å². The van der Waals surface area contributed by atoms with Gasteiger partial charge in [0.25, 0.3) is 5.69 Å². The molecule has 1 aromatic carbocycles. The van der Waals surface area contributed by atoms with Crippen LogP contribution in [0, 0.1) is 27.4 Å². The van der Waals surface area contributed by atoms with E-state index in [2.05, 4.69) is 10.6 Å². The molecule has 1 fully saturated rings. The molecule has 6 nitrogen and oxygen atoms in total. The van der Waals surface area contributed by atoms with Crippen LogP contribution in [0.5, 0.6) is 0 Å². The third-order valence-electron chi connectivity index (χ3n) is 3.30. The lowest BCUT2D eigenvalue weighted by Crippen LogP contribution is -2.33. The summed E-state index contributed by atoms with van der Waals surface area (Å²) in [5.41, 5.74) is 0.868. The molecule has 0 bridgehead atoms. The Balaban J connectivity index is 2.08. The zero-order valence-corrected chi connectivity index (χ0v) is 10.6. The number of nitro groups is 1. The Kier molecular flexibility index (Phi) is 4.31. The highest BCUT2D eigenvalue weighted by atomic mass is 16.6. The average Bonchev–Trinajstić information content (AvgIpc) is 2.45. The number of rotatable bonds is 4. The summed E-state index contributed by atoms with van der Waals surface area (Å²) in [4.78, 5) is 10.5. The zero-order valence-electron chi connectivity index (χ0n) is 10.6. The van der Waals surface area contributed by atoms with Crippen molar-refractivity contribution >= 4 is 11.4 Å². The van der Waals surface area contributed by atoms with Crippen molar-refractivity contribution in [2.24, 2.45) is 5.92 Å². The third-order valence-corrected chi connectivity index (χ3v) is 3.30. The molecule has 1 atom stereocenters. The number of nitriles is 1. The maximum absolute atomic E-state index is 10.9. The van der Waals surface area contributed by atoms with Crippen LogP contribution in [0.25, 0.3) is 0 Å². The molecular formula is C13H16N4O2. The summed E-state index contributed by atoms with van der Waals surface area (Å²) in [7, 11) is 0. The van der Waals surface area contributed by atoms with E-state index in [4.69, 9.17) is 5.26 Å². The van der Waals surface area contributed by atoms with Gasteiger partial charge in [-0.15, -0.1) is 0 Å². The van der Waals surface area contributed by atoms with Crippen molar-refractivity contribution in [3.05, 3.63) is 33.9 Å². The highest BCUT2D eigenvalue weighted by molar-refractivity contribution is 5.64. The predicted octanol–water partition coefficient (Wildman–Crippen LogP) is 1.88. The standard InChI is InChI=1S/C13H16N4O2/c14-7-10-3-4-13(17(18)19)12(6-10)16-9-11-2-1-5-15-8-11/h3-4,6,11,15-16H,1-2,5,8-9H2. The van der Waals surface area contributed by atoms with Gasteiger partial charge in [0, 0.05) is 12.6 Å². The molecule has 0 aliphatic carbocycles. The average molecular weight is 260 g/mol. The van der Waals surface area contributed by atoms with E-state index < -0.39 is 4.92 Å². The van der Waals surface area contributed by atoms with E-state index in [0.717, 1.165) is 25.9 Å². The van der Waals surface area contributed by atoms with Crippen molar-refractivity contribution in [1.29, 1.82) is 5.26 Å². The summed E-state index contributed by atoms with van der Waals surface area (Å²) >= 11 is 0. The van der Waals surface area contributed by atoms with Crippen LogP contribution in [-0.2, 0) is 0 Å². The minimum Gasteiger partial charge on any atom is -0.379 e. The lowest BCUT2D eigenvalue weighted by Gasteiger charge is -2.23. The topological polar surface area (TPSA) is 91.0 Å². The van der Waals surface area contributed by atoms with Gasteiger partial charge in [0.1, 0.15) is 5.69 Å². The molecule has 1 heterocycles. The van der Waals surface area contributed by atoms with Crippen LogP contribution < -0.4 is 10.6 Å². The van der Waals surface area contributed by atoms with E-state index in [0.29, 0.717) is 23.7 Å². The molecule has 1 aliphatic rings. The monoisotopic (exact) mass is 260 g/mol. The largest absolute Gasteiger partial charge is 0.379 e. The van der Waals surface area contributed by atoms with Gasteiger partial charge in [-0.05, 0) is 44.0 Å². The van der Waals surface area contributed by atoms with Gasteiger partial charge >= 0.3 is 0 Å². The van der Waals surface area contributed by atoms with Crippen LogP contribution >= 0.6 is 0 Å². The van der Waals surface area contributed by atoms with Gasteiger partial charge in [0.2, 0.25) is 0 Å². The summed E-state index contributed by atoms with van der Waals surface area (Å²) in [6, 6.07) is 6.37. The second-order valence-corrected chi connectivity index (χ2v) is 4.69. The maximum atomic E-state index is 10.9. The summed E-state index contributed by atoms with van der Waals surface area (Å²) in [6.45, 7) is 2.65. The molecule has 0 aromatic heterocycles. The Morgan fingerprint density at radius 1 is 1.58 bits per heavy atom. The summed E-state index contributed by atoms with van der Waals surface area (Å²) in [6.07, 6.45) is 2.25. The Hall–Kier alpha value is -2.13. The molecule has 0 radical (unpaired) electrons. The molecule has 2 N–H and O–H groups in total. The minimum atomic E-state index is -0.428. The predicted molar refractivity (Wildman–Crippen MR) is 71.9 cm³/mol. The molecule has 0 amide bonds.